The van der Waals surface area contributed by atoms with Crippen molar-refractivity contribution in [3.05, 3.63) is 29.8 Å². The first kappa shape index (κ1) is 13.6. The van der Waals surface area contributed by atoms with Crippen LogP contribution in [0.15, 0.2) is 24.3 Å². The zero-order valence-electron chi connectivity index (χ0n) is 8.62. The van der Waals surface area contributed by atoms with Gasteiger partial charge in [-0.15, -0.1) is 0 Å². The third kappa shape index (κ3) is 4.52. The zero-order valence-corrected chi connectivity index (χ0v) is 9.38. The Labute approximate surface area is 100 Å². The summed E-state index contributed by atoms with van der Waals surface area (Å²) in [5, 5.41) is 0. The molecule has 1 atom stereocenters. The summed E-state index contributed by atoms with van der Waals surface area (Å²) < 4.78 is 45.9. The molecule has 0 aromatic heterocycles. The molecule has 0 radical (unpaired) electrons. The van der Waals surface area contributed by atoms with Crippen LogP contribution in [-0.2, 0) is 10.9 Å². The molecule has 1 aromatic carbocycles. The van der Waals surface area contributed by atoms with Crippen LogP contribution in [0.2, 0.25) is 0 Å². The van der Waals surface area contributed by atoms with Crippen LogP contribution < -0.4 is 4.74 Å². The van der Waals surface area contributed by atoms with Crippen LogP contribution in [0.3, 0.4) is 0 Å². The molecule has 0 heterocycles. The van der Waals surface area contributed by atoms with Gasteiger partial charge >= 0.3 is 12.3 Å². The number of rotatable bonds is 2. The first-order valence-corrected chi connectivity index (χ1v) is 4.92. The van der Waals surface area contributed by atoms with Gasteiger partial charge in [0.15, 0.2) is 5.56 Å². The standard InChI is InChI=1S/C10H8ClF3O3/c1-6(11)16-9(15)17-8-4-2-3-7(5-8)10(12,13)14/h2-6H,1H3/t6-/m0/s1. The van der Waals surface area contributed by atoms with Gasteiger partial charge in [0.1, 0.15) is 5.75 Å². The Balaban J connectivity index is 2.76. The third-order valence-electron chi connectivity index (χ3n) is 1.62. The summed E-state index contributed by atoms with van der Waals surface area (Å²) >= 11 is 5.34. The molecule has 7 heteroatoms. The lowest BCUT2D eigenvalue weighted by atomic mass is 10.2. The maximum absolute atomic E-state index is 12.3. The highest BCUT2D eigenvalue weighted by Gasteiger charge is 2.30. The topological polar surface area (TPSA) is 35.5 Å². The summed E-state index contributed by atoms with van der Waals surface area (Å²) in [6.45, 7) is 1.37. The Morgan fingerprint density at radius 1 is 1.41 bits per heavy atom. The Kier molecular flexibility index (Phi) is 4.22. The average molecular weight is 269 g/mol. The number of halogens is 4. The fourth-order valence-electron chi connectivity index (χ4n) is 0.989. The minimum atomic E-state index is -4.50. The molecule has 0 aliphatic rings. The molecule has 0 N–H and O–H groups in total. The molecule has 0 bridgehead atoms. The molecular formula is C10H8ClF3O3. The molecule has 0 fully saturated rings. The van der Waals surface area contributed by atoms with E-state index < -0.39 is 23.5 Å². The van der Waals surface area contributed by atoms with Crippen LogP contribution in [-0.4, -0.2) is 11.7 Å². The molecule has 17 heavy (non-hydrogen) atoms. The predicted octanol–water partition coefficient (Wildman–Crippen LogP) is 3.81. The SMILES string of the molecule is C[C@@H](Cl)OC(=O)Oc1cccc(C(F)(F)F)c1. The van der Waals surface area contributed by atoms with Gasteiger partial charge in [-0.3, -0.25) is 0 Å². The van der Waals surface area contributed by atoms with Crippen molar-refractivity contribution in [3.8, 4) is 5.75 Å². The Hall–Kier alpha value is -1.43. The van der Waals surface area contributed by atoms with Gasteiger partial charge in [-0.2, -0.15) is 13.2 Å². The van der Waals surface area contributed by atoms with E-state index in [9.17, 15) is 18.0 Å². The van der Waals surface area contributed by atoms with Crippen molar-refractivity contribution >= 4 is 17.8 Å². The predicted molar refractivity (Wildman–Crippen MR) is 53.9 cm³/mol. The number of carbonyl (C=O) groups is 1. The summed E-state index contributed by atoms with van der Waals surface area (Å²) in [6, 6.07) is 3.88. The highest BCUT2D eigenvalue weighted by Crippen LogP contribution is 2.31. The summed E-state index contributed by atoms with van der Waals surface area (Å²) in [6.07, 6.45) is -5.66. The van der Waals surface area contributed by atoms with E-state index in [-0.39, 0.29) is 5.75 Å². The molecule has 1 aromatic rings. The smallest absolute Gasteiger partial charge is 0.415 e. The molecule has 0 unspecified atom stereocenters. The maximum atomic E-state index is 12.3. The Morgan fingerprint density at radius 3 is 2.59 bits per heavy atom. The van der Waals surface area contributed by atoms with E-state index in [1.807, 2.05) is 0 Å². The first-order valence-electron chi connectivity index (χ1n) is 4.49. The molecule has 1 rings (SSSR count). The number of ether oxygens (including phenoxy) is 2. The van der Waals surface area contributed by atoms with Crippen LogP contribution in [0.4, 0.5) is 18.0 Å². The van der Waals surface area contributed by atoms with Gasteiger partial charge in [0.05, 0.1) is 5.56 Å². The molecule has 0 spiro atoms. The van der Waals surface area contributed by atoms with Crippen LogP contribution in [0.1, 0.15) is 12.5 Å². The molecular weight excluding hydrogens is 261 g/mol. The lowest BCUT2D eigenvalue weighted by molar-refractivity contribution is -0.137. The maximum Gasteiger partial charge on any atom is 0.515 e. The summed E-state index contributed by atoms with van der Waals surface area (Å²) in [5.74, 6) is -0.262. The van der Waals surface area contributed by atoms with Gasteiger partial charge in [0.25, 0.3) is 0 Å². The van der Waals surface area contributed by atoms with Gasteiger partial charge in [0, 0.05) is 0 Å². The van der Waals surface area contributed by atoms with E-state index in [1.165, 1.54) is 13.0 Å². The van der Waals surface area contributed by atoms with Crippen molar-refractivity contribution in [2.45, 2.75) is 18.7 Å². The van der Waals surface area contributed by atoms with Gasteiger partial charge in [0.2, 0.25) is 0 Å². The third-order valence-corrected chi connectivity index (χ3v) is 1.71. The Morgan fingerprint density at radius 2 is 2.06 bits per heavy atom. The first-order chi connectivity index (χ1) is 7.79. The molecule has 0 aliphatic carbocycles. The molecule has 0 saturated carbocycles. The second-order valence-electron chi connectivity index (χ2n) is 3.04. The van der Waals surface area contributed by atoms with Gasteiger partial charge in [-0.05, 0) is 25.1 Å². The molecule has 0 amide bonds. The second kappa shape index (κ2) is 5.27. The van der Waals surface area contributed by atoms with Crippen molar-refractivity contribution in [1.29, 1.82) is 0 Å². The number of hydrogen-bond donors (Lipinski definition) is 0. The van der Waals surface area contributed by atoms with Gasteiger partial charge in [-0.25, -0.2) is 4.79 Å². The van der Waals surface area contributed by atoms with Crippen molar-refractivity contribution in [1.82, 2.24) is 0 Å². The highest BCUT2D eigenvalue weighted by molar-refractivity contribution is 6.19. The monoisotopic (exact) mass is 268 g/mol. The Bertz CT molecular complexity index is 404. The molecule has 3 nitrogen and oxygen atoms in total. The van der Waals surface area contributed by atoms with Crippen molar-refractivity contribution < 1.29 is 27.4 Å². The minimum Gasteiger partial charge on any atom is -0.415 e. The molecule has 0 aliphatic heterocycles. The van der Waals surface area contributed by atoms with Crippen LogP contribution in [0.25, 0.3) is 0 Å². The van der Waals surface area contributed by atoms with E-state index >= 15 is 0 Å². The molecule has 0 saturated heterocycles. The van der Waals surface area contributed by atoms with Crippen LogP contribution >= 0.6 is 11.6 Å². The van der Waals surface area contributed by atoms with Crippen LogP contribution in [0.5, 0.6) is 5.75 Å². The van der Waals surface area contributed by atoms with E-state index in [0.717, 1.165) is 12.1 Å². The van der Waals surface area contributed by atoms with E-state index in [1.54, 1.807) is 0 Å². The van der Waals surface area contributed by atoms with E-state index in [2.05, 4.69) is 9.47 Å². The van der Waals surface area contributed by atoms with Crippen molar-refractivity contribution in [2.75, 3.05) is 0 Å². The normalized spacial score (nSPS) is 13.0. The minimum absolute atomic E-state index is 0.262. The highest BCUT2D eigenvalue weighted by atomic mass is 35.5. The van der Waals surface area contributed by atoms with E-state index in [0.29, 0.717) is 6.07 Å². The van der Waals surface area contributed by atoms with E-state index in [4.69, 9.17) is 11.6 Å². The largest absolute Gasteiger partial charge is 0.515 e. The summed E-state index contributed by atoms with van der Waals surface area (Å²) in [5.41, 5.74) is -1.84. The lowest BCUT2D eigenvalue weighted by Gasteiger charge is -2.09. The number of carbonyl (C=O) groups excluding carboxylic acids is 1. The summed E-state index contributed by atoms with van der Waals surface area (Å²) in [4.78, 5) is 11.0. The molecule has 94 valence electrons. The van der Waals surface area contributed by atoms with Crippen LogP contribution in [0, 0.1) is 0 Å². The van der Waals surface area contributed by atoms with Crippen molar-refractivity contribution in [3.63, 3.8) is 0 Å². The number of alkyl halides is 4. The fourth-order valence-corrected chi connectivity index (χ4v) is 1.06. The second-order valence-corrected chi connectivity index (χ2v) is 3.65. The number of hydrogen-bond acceptors (Lipinski definition) is 3. The summed E-state index contributed by atoms with van der Waals surface area (Å²) in [7, 11) is 0. The zero-order chi connectivity index (χ0) is 13.1. The average Bonchev–Trinajstić information content (AvgIpc) is 2.15. The van der Waals surface area contributed by atoms with Gasteiger partial charge in [-0.1, -0.05) is 17.7 Å². The quantitative estimate of drug-likeness (QED) is 0.465. The van der Waals surface area contributed by atoms with Gasteiger partial charge < -0.3 is 9.47 Å². The fraction of sp³-hybridized carbons (Fsp3) is 0.300. The lowest BCUT2D eigenvalue weighted by Crippen LogP contribution is -2.14. The van der Waals surface area contributed by atoms with Crippen molar-refractivity contribution in [2.24, 2.45) is 0 Å². The number of benzene rings is 1.